The second-order valence-electron chi connectivity index (χ2n) is 4.76. The van der Waals surface area contributed by atoms with Crippen molar-refractivity contribution in [3.63, 3.8) is 0 Å². The third-order valence-electron chi connectivity index (χ3n) is 3.01. The van der Waals surface area contributed by atoms with Crippen LogP contribution in [0.1, 0.15) is 16.1 Å². The normalized spacial score (nSPS) is 10.1. The summed E-state index contributed by atoms with van der Waals surface area (Å²) >= 11 is 1.31. The summed E-state index contributed by atoms with van der Waals surface area (Å²) in [7, 11) is 1.61. The van der Waals surface area contributed by atoms with E-state index in [1.54, 1.807) is 37.9 Å². The Morgan fingerprint density at radius 2 is 1.88 bits per heavy atom. The number of thiophene rings is 1. The van der Waals surface area contributed by atoms with Gasteiger partial charge in [0.1, 0.15) is 0 Å². The van der Waals surface area contributed by atoms with Crippen molar-refractivity contribution in [1.82, 2.24) is 9.97 Å². The Bertz CT molecular complexity index is 833. The number of anilines is 1. The van der Waals surface area contributed by atoms with Gasteiger partial charge in [-0.15, -0.1) is 11.3 Å². The molecule has 6 nitrogen and oxygen atoms in total. The highest BCUT2D eigenvalue weighted by Crippen LogP contribution is 2.31. The van der Waals surface area contributed by atoms with Crippen LogP contribution < -0.4 is 11.5 Å². The van der Waals surface area contributed by atoms with Crippen LogP contribution in [-0.4, -0.2) is 23.0 Å². The van der Waals surface area contributed by atoms with Crippen LogP contribution in [0.5, 0.6) is 0 Å². The molecule has 0 spiro atoms. The first-order valence-electron chi connectivity index (χ1n) is 7.32. The number of methoxy groups -OCH3 is 1. The number of ether oxygens (including phenoxy) is 1. The number of nitrogen functional groups attached to an aromatic ring is 1. The molecule has 3 aromatic heterocycles. The van der Waals surface area contributed by atoms with E-state index in [2.05, 4.69) is 9.97 Å². The number of pyridine rings is 2. The molecule has 0 radical (unpaired) electrons. The van der Waals surface area contributed by atoms with Crippen LogP contribution in [0.15, 0.2) is 61.1 Å². The summed E-state index contributed by atoms with van der Waals surface area (Å²) < 4.78 is 4.73. The molecule has 0 aliphatic heterocycles. The minimum atomic E-state index is -0.508. The van der Waals surface area contributed by atoms with Crippen molar-refractivity contribution in [2.45, 2.75) is 0 Å². The van der Waals surface area contributed by atoms with E-state index < -0.39 is 5.91 Å². The average Bonchev–Trinajstić information content (AvgIpc) is 3.04. The summed E-state index contributed by atoms with van der Waals surface area (Å²) in [6.07, 6.45) is 6.84. The number of aromatic nitrogens is 2. The van der Waals surface area contributed by atoms with E-state index in [4.69, 9.17) is 16.2 Å². The largest absolute Gasteiger partial charge is 0.504 e. The SMILES string of the molecule is COC=Cc1ccccn1.NC(=O)c1cc(-c2ccccn2)sc1N. The van der Waals surface area contributed by atoms with Gasteiger partial charge in [-0.25, -0.2) is 0 Å². The predicted molar refractivity (Wildman–Crippen MR) is 101 cm³/mol. The molecule has 25 heavy (non-hydrogen) atoms. The average molecular weight is 354 g/mol. The monoisotopic (exact) mass is 354 g/mol. The Morgan fingerprint density at radius 1 is 1.16 bits per heavy atom. The van der Waals surface area contributed by atoms with Gasteiger partial charge in [0, 0.05) is 12.4 Å². The van der Waals surface area contributed by atoms with Gasteiger partial charge in [-0.05, 0) is 36.4 Å². The number of nitrogens with two attached hydrogens (primary N) is 2. The van der Waals surface area contributed by atoms with Crippen molar-refractivity contribution in [3.05, 3.63) is 72.4 Å². The van der Waals surface area contributed by atoms with Crippen molar-refractivity contribution >= 4 is 28.3 Å². The molecule has 0 saturated heterocycles. The molecule has 3 heterocycles. The van der Waals surface area contributed by atoms with E-state index in [1.807, 2.05) is 36.4 Å². The lowest BCUT2D eigenvalue weighted by molar-refractivity contribution is 0.100. The Balaban J connectivity index is 0.000000196. The fraction of sp³-hybridized carbons (Fsp3) is 0.0556. The van der Waals surface area contributed by atoms with Crippen molar-refractivity contribution in [2.24, 2.45) is 5.73 Å². The number of carbonyl (C=O) groups excluding carboxylic acids is 1. The number of amides is 1. The molecule has 4 N–H and O–H groups in total. The maximum absolute atomic E-state index is 11.0. The van der Waals surface area contributed by atoms with Gasteiger partial charge in [-0.3, -0.25) is 14.8 Å². The first kappa shape index (κ1) is 18.2. The number of carbonyl (C=O) groups is 1. The summed E-state index contributed by atoms with van der Waals surface area (Å²) in [6, 6.07) is 13.0. The molecular weight excluding hydrogens is 336 g/mol. The molecular formula is C18H18N4O2S. The highest BCUT2D eigenvalue weighted by Gasteiger charge is 2.12. The number of hydrogen-bond donors (Lipinski definition) is 2. The first-order chi connectivity index (χ1) is 12.1. The zero-order chi connectivity index (χ0) is 18.1. The molecule has 3 rings (SSSR count). The molecule has 0 unspecified atom stereocenters. The number of hydrogen-bond acceptors (Lipinski definition) is 6. The zero-order valence-electron chi connectivity index (χ0n) is 13.6. The molecule has 0 saturated carbocycles. The van der Waals surface area contributed by atoms with E-state index in [0.29, 0.717) is 10.6 Å². The van der Waals surface area contributed by atoms with Gasteiger partial charge in [0.05, 0.1) is 40.2 Å². The van der Waals surface area contributed by atoms with Gasteiger partial charge in [0.15, 0.2) is 0 Å². The smallest absolute Gasteiger partial charge is 0.251 e. The molecule has 128 valence electrons. The molecule has 1 amide bonds. The van der Waals surface area contributed by atoms with E-state index in [1.165, 1.54) is 11.3 Å². The molecule has 0 fully saturated rings. The van der Waals surface area contributed by atoms with Gasteiger partial charge in [-0.2, -0.15) is 0 Å². The Morgan fingerprint density at radius 3 is 2.40 bits per heavy atom. The van der Waals surface area contributed by atoms with Crippen LogP contribution in [-0.2, 0) is 4.74 Å². The summed E-state index contributed by atoms with van der Waals surface area (Å²) in [4.78, 5) is 20.1. The van der Waals surface area contributed by atoms with Crippen molar-refractivity contribution in [2.75, 3.05) is 12.8 Å². The fourth-order valence-corrected chi connectivity index (χ4v) is 2.75. The molecule has 3 aromatic rings. The predicted octanol–water partition coefficient (Wildman–Crippen LogP) is 3.19. The Kier molecular flexibility index (Phi) is 6.67. The molecule has 0 aliphatic carbocycles. The van der Waals surface area contributed by atoms with Crippen molar-refractivity contribution < 1.29 is 9.53 Å². The minimum absolute atomic E-state index is 0.362. The maximum Gasteiger partial charge on any atom is 0.251 e. The van der Waals surface area contributed by atoms with Gasteiger partial charge >= 0.3 is 0 Å². The van der Waals surface area contributed by atoms with E-state index in [-0.39, 0.29) is 0 Å². The van der Waals surface area contributed by atoms with Crippen LogP contribution in [0.25, 0.3) is 16.6 Å². The molecule has 0 atom stereocenters. The zero-order valence-corrected chi connectivity index (χ0v) is 14.4. The molecule has 7 heteroatoms. The second-order valence-corrected chi connectivity index (χ2v) is 5.84. The van der Waals surface area contributed by atoms with Crippen LogP contribution in [0.2, 0.25) is 0 Å². The molecule has 0 aliphatic rings. The molecule has 0 bridgehead atoms. The molecule has 0 aromatic carbocycles. The summed E-state index contributed by atoms with van der Waals surface area (Å²) in [5, 5.41) is 0.433. The van der Waals surface area contributed by atoms with E-state index in [9.17, 15) is 4.79 Å². The van der Waals surface area contributed by atoms with Crippen molar-refractivity contribution in [3.8, 4) is 10.6 Å². The summed E-state index contributed by atoms with van der Waals surface area (Å²) in [5.74, 6) is -0.508. The van der Waals surface area contributed by atoms with Gasteiger partial charge in [0.25, 0.3) is 5.91 Å². The van der Waals surface area contributed by atoms with Gasteiger partial charge in [0.2, 0.25) is 0 Å². The topological polar surface area (TPSA) is 104 Å². The quantitative estimate of drug-likeness (QED) is 0.700. The second kappa shape index (κ2) is 9.19. The van der Waals surface area contributed by atoms with Crippen molar-refractivity contribution in [1.29, 1.82) is 0 Å². The lowest BCUT2D eigenvalue weighted by Crippen LogP contribution is -2.11. The minimum Gasteiger partial charge on any atom is -0.504 e. The summed E-state index contributed by atoms with van der Waals surface area (Å²) in [5.41, 5.74) is 12.9. The fourth-order valence-electron chi connectivity index (χ4n) is 1.84. The van der Waals surface area contributed by atoms with Gasteiger partial charge in [-0.1, -0.05) is 12.1 Å². The number of rotatable bonds is 4. The van der Waals surface area contributed by atoms with Crippen LogP contribution in [0.4, 0.5) is 5.00 Å². The third kappa shape index (κ3) is 5.43. The van der Waals surface area contributed by atoms with Crippen LogP contribution in [0.3, 0.4) is 0 Å². The Labute approximate surface area is 149 Å². The lowest BCUT2D eigenvalue weighted by atomic mass is 10.2. The lowest BCUT2D eigenvalue weighted by Gasteiger charge is -1.92. The van der Waals surface area contributed by atoms with Gasteiger partial charge < -0.3 is 16.2 Å². The van der Waals surface area contributed by atoms with E-state index >= 15 is 0 Å². The summed E-state index contributed by atoms with van der Waals surface area (Å²) in [6.45, 7) is 0. The van der Waals surface area contributed by atoms with E-state index in [0.717, 1.165) is 16.3 Å². The highest BCUT2D eigenvalue weighted by atomic mass is 32.1. The van der Waals surface area contributed by atoms with Crippen LogP contribution in [0, 0.1) is 0 Å². The number of primary amides is 1. The highest BCUT2D eigenvalue weighted by molar-refractivity contribution is 7.19. The third-order valence-corrected chi connectivity index (χ3v) is 3.99. The number of nitrogens with zero attached hydrogens (tertiary/aromatic N) is 2. The Hall–Kier alpha value is -3.19. The first-order valence-corrected chi connectivity index (χ1v) is 8.14. The standard InChI is InChI=1S/C10H9N3OS.C8H9NO/c11-9(14)6-5-8(15-10(6)12)7-3-1-2-4-13-7;1-10-7-5-8-4-2-3-6-9-8/h1-5H,12H2,(H2,11,14);2-7H,1H3. The van der Waals surface area contributed by atoms with Crippen LogP contribution >= 0.6 is 11.3 Å². The maximum atomic E-state index is 11.0.